The molecular formula is C24H31BrN2O3. The predicted octanol–water partition coefficient (Wildman–Crippen LogP) is 4.64. The van der Waals surface area contributed by atoms with Crippen molar-refractivity contribution in [2.75, 3.05) is 13.2 Å². The van der Waals surface area contributed by atoms with E-state index in [1.165, 1.54) is 5.56 Å². The summed E-state index contributed by atoms with van der Waals surface area (Å²) in [5.41, 5.74) is 3.31. The highest BCUT2D eigenvalue weighted by atomic mass is 79.9. The molecule has 5 nitrogen and oxygen atoms in total. The Morgan fingerprint density at radius 3 is 2.30 bits per heavy atom. The summed E-state index contributed by atoms with van der Waals surface area (Å²) in [6.45, 7) is 8.63. The van der Waals surface area contributed by atoms with Gasteiger partial charge in [-0.15, -0.1) is 0 Å². The Bertz CT molecular complexity index is 852. The Morgan fingerprint density at radius 1 is 1.07 bits per heavy atom. The zero-order valence-corrected chi connectivity index (χ0v) is 19.8. The van der Waals surface area contributed by atoms with Crippen molar-refractivity contribution in [2.45, 2.75) is 53.1 Å². The van der Waals surface area contributed by atoms with Crippen LogP contribution in [0.2, 0.25) is 0 Å². The third-order valence-electron chi connectivity index (χ3n) is 4.97. The Labute approximate surface area is 187 Å². The van der Waals surface area contributed by atoms with Crippen LogP contribution >= 0.6 is 15.9 Å². The predicted molar refractivity (Wildman–Crippen MR) is 124 cm³/mol. The van der Waals surface area contributed by atoms with E-state index in [1.54, 1.807) is 4.90 Å². The lowest BCUT2D eigenvalue weighted by molar-refractivity contribution is -0.142. The summed E-state index contributed by atoms with van der Waals surface area (Å²) in [5, 5.41) is 2.84. The molecule has 0 saturated heterocycles. The third kappa shape index (κ3) is 6.59. The van der Waals surface area contributed by atoms with Gasteiger partial charge in [-0.2, -0.15) is 0 Å². The van der Waals surface area contributed by atoms with Crippen molar-refractivity contribution in [1.82, 2.24) is 10.2 Å². The lowest BCUT2D eigenvalue weighted by atomic mass is 10.1. The summed E-state index contributed by atoms with van der Waals surface area (Å²) in [6, 6.07) is 13.3. The standard InChI is InChI=1S/C24H31BrN2O3/c1-5-18-12-13-22(20(25)14-18)30-16-23(28)27(21(6-2)24(29)26-7-3)15-19-10-8-17(4)9-11-19/h8-14,21H,5-7,15-16H2,1-4H3,(H,26,29)/t21-/m0/s1. The van der Waals surface area contributed by atoms with Gasteiger partial charge in [0.2, 0.25) is 5.91 Å². The van der Waals surface area contributed by atoms with Crippen LogP contribution < -0.4 is 10.1 Å². The minimum absolute atomic E-state index is 0.133. The number of halogens is 1. The fraction of sp³-hybridized carbons (Fsp3) is 0.417. The smallest absolute Gasteiger partial charge is 0.261 e. The normalized spacial score (nSPS) is 11.6. The molecule has 1 N–H and O–H groups in total. The van der Waals surface area contributed by atoms with Crippen molar-refractivity contribution in [3.63, 3.8) is 0 Å². The van der Waals surface area contributed by atoms with Crippen molar-refractivity contribution in [3.8, 4) is 5.75 Å². The van der Waals surface area contributed by atoms with E-state index < -0.39 is 6.04 Å². The largest absolute Gasteiger partial charge is 0.483 e. The van der Waals surface area contributed by atoms with Crippen LogP contribution in [0.4, 0.5) is 0 Å². The van der Waals surface area contributed by atoms with E-state index in [0.29, 0.717) is 25.3 Å². The first kappa shape index (κ1) is 23.9. The van der Waals surface area contributed by atoms with Gasteiger partial charge in [-0.05, 0) is 65.9 Å². The molecule has 162 valence electrons. The monoisotopic (exact) mass is 474 g/mol. The molecule has 0 saturated carbocycles. The summed E-state index contributed by atoms with van der Waals surface area (Å²) in [7, 11) is 0. The zero-order chi connectivity index (χ0) is 22.1. The molecule has 0 spiro atoms. The molecule has 0 unspecified atom stereocenters. The number of hydrogen-bond donors (Lipinski definition) is 1. The van der Waals surface area contributed by atoms with Crippen LogP contribution in [0.3, 0.4) is 0 Å². The van der Waals surface area contributed by atoms with Crippen LogP contribution in [0.15, 0.2) is 46.9 Å². The molecule has 0 aliphatic carbocycles. The second-order valence-electron chi connectivity index (χ2n) is 7.23. The minimum Gasteiger partial charge on any atom is -0.483 e. The number of aryl methyl sites for hydroxylation is 2. The molecule has 30 heavy (non-hydrogen) atoms. The van der Waals surface area contributed by atoms with Gasteiger partial charge < -0.3 is 15.0 Å². The molecule has 2 rings (SSSR count). The second-order valence-corrected chi connectivity index (χ2v) is 8.09. The van der Waals surface area contributed by atoms with Gasteiger partial charge in [0.25, 0.3) is 5.91 Å². The molecule has 1 atom stereocenters. The minimum atomic E-state index is -0.548. The fourth-order valence-electron chi connectivity index (χ4n) is 3.21. The number of likely N-dealkylation sites (N-methyl/N-ethyl adjacent to an activating group) is 1. The third-order valence-corrected chi connectivity index (χ3v) is 5.59. The zero-order valence-electron chi connectivity index (χ0n) is 18.2. The molecule has 0 radical (unpaired) electrons. The highest BCUT2D eigenvalue weighted by Gasteiger charge is 2.28. The van der Waals surface area contributed by atoms with Crippen molar-refractivity contribution in [3.05, 3.63) is 63.6 Å². The van der Waals surface area contributed by atoms with Gasteiger partial charge in [0.15, 0.2) is 6.61 Å². The highest BCUT2D eigenvalue weighted by Crippen LogP contribution is 2.26. The SMILES string of the molecule is CCNC(=O)[C@H](CC)N(Cc1ccc(C)cc1)C(=O)COc1ccc(CC)cc1Br. The molecule has 0 aromatic heterocycles. The molecule has 2 aromatic rings. The number of nitrogens with one attached hydrogen (secondary N) is 1. The summed E-state index contributed by atoms with van der Waals surface area (Å²) >= 11 is 3.51. The first-order chi connectivity index (χ1) is 14.4. The molecule has 6 heteroatoms. The summed E-state index contributed by atoms with van der Waals surface area (Å²) < 4.78 is 6.62. The van der Waals surface area contributed by atoms with E-state index in [4.69, 9.17) is 4.74 Å². The first-order valence-corrected chi connectivity index (χ1v) is 11.2. The topological polar surface area (TPSA) is 58.6 Å². The Morgan fingerprint density at radius 2 is 1.73 bits per heavy atom. The van der Waals surface area contributed by atoms with E-state index in [0.717, 1.165) is 22.0 Å². The van der Waals surface area contributed by atoms with Crippen LogP contribution in [-0.4, -0.2) is 35.9 Å². The van der Waals surface area contributed by atoms with Gasteiger partial charge in [-0.25, -0.2) is 0 Å². The lowest BCUT2D eigenvalue weighted by Gasteiger charge is -2.30. The average Bonchev–Trinajstić information content (AvgIpc) is 2.74. The van der Waals surface area contributed by atoms with Crippen molar-refractivity contribution >= 4 is 27.7 Å². The number of carbonyl (C=O) groups is 2. The molecular weight excluding hydrogens is 444 g/mol. The maximum absolute atomic E-state index is 13.1. The van der Waals surface area contributed by atoms with Crippen molar-refractivity contribution in [2.24, 2.45) is 0 Å². The van der Waals surface area contributed by atoms with E-state index in [2.05, 4.69) is 28.2 Å². The number of rotatable bonds is 10. The fourth-order valence-corrected chi connectivity index (χ4v) is 3.75. The Balaban J connectivity index is 2.19. The first-order valence-electron chi connectivity index (χ1n) is 10.4. The number of nitrogens with zero attached hydrogens (tertiary/aromatic N) is 1. The van der Waals surface area contributed by atoms with Crippen LogP contribution in [-0.2, 0) is 22.6 Å². The Kier molecular flexibility index (Phi) is 9.37. The van der Waals surface area contributed by atoms with Crippen LogP contribution in [0.5, 0.6) is 5.75 Å². The highest BCUT2D eigenvalue weighted by molar-refractivity contribution is 9.10. The average molecular weight is 475 g/mol. The van der Waals surface area contributed by atoms with E-state index in [9.17, 15) is 9.59 Å². The molecule has 0 aliphatic heterocycles. The number of carbonyl (C=O) groups excluding carboxylic acids is 2. The maximum atomic E-state index is 13.1. The number of hydrogen-bond acceptors (Lipinski definition) is 3. The maximum Gasteiger partial charge on any atom is 0.261 e. The van der Waals surface area contributed by atoms with Crippen molar-refractivity contribution < 1.29 is 14.3 Å². The van der Waals surface area contributed by atoms with Gasteiger partial charge in [0, 0.05) is 13.1 Å². The van der Waals surface area contributed by atoms with Crippen LogP contribution in [0.25, 0.3) is 0 Å². The van der Waals surface area contributed by atoms with Crippen LogP contribution in [0.1, 0.15) is 43.9 Å². The number of benzene rings is 2. The number of ether oxygens (including phenoxy) is 1. The van der Waals surface area contributed by atoms with Gasteiger partial charge in [-0.1, -0.05) is 49.7 Å². The number of amides is 2. The molecule has 0 bridgehead atoms. The van der Waals surface area contributed by atoms with Gasteiger partial charge in [0.1, 0.15) is 11.8 Å². The summed E-state index contributed by atoms with van der Waals surface area (Å²) in [5.74, 6) is 0.246. The van der Waals surface area contributed by atoms with E-state index in [1.807, 2.05) is 63.2 Å². The Hall–Kier alpha value is -2.34. The molecule has 2 amide bonds. The summed E-state index contributed by atoms with van der Waals surface area (Å²) in [4.78, 5) is 27.4. The van der Waals surface area contributed by atoms with E-state index >= 15 is 0 Å². The van der Waals surface area contributed by atoms with E-state index in [-0.39, 0.29) is 18.4 Å². The van der Waals surface area contributed by atoms with Gasteiger partial charge in [0.05, 0.1) is 4.47 Å². The molecule has 2 aromatic carbocycles. The molecule has 0 heterocycles. The second kappa shape index (κ2) is 11.7. The quantitative estimate of drug-likeness (QED) is 0.545. The van der Waals surface area contributed by atoms with Gasteiger partial charge >= 0.3 is 0 Å². The molecule has 0 aliphatic rings. The van der Waals surface area contributed by atoms with Gasteiger partial charge in [-0.3, -0.25) is 9.59 Å². The van der Waals surface area contributed by atoms with Crippen molar-refractivity contribution in [1.29, 1.82) is 0 Å². The molecule has 0 fully saturated rings. The summed E-state index contributed by atoms with van der Waals surface area (Å²) in [6.07, 6.45) is 1.45. The lowest BCUT2D eigenvalue weighted by Crippen LogP contribution is -2.50. The van der Waals surface area contributed by atoms with Crippen LogP contribution in [0, 0.1) is 6.92 Å².